The maximum atomic E-state index is 12.8. The molecular weight excluding hydrogens is 231 g/mol. The predicted octanol–water partition coefficient (Wildman–Crippen LogP) is 1.60. The quantitative estimate of drug-likeness (QED) is 0.552. The third-order valence-corrected chi connectivity index (χ3v) is 4.21. The van der Waals surface area contributed by atoms with Crippen molar-refractivity contribution in [2.24, 2.45) is 0 Å². The molecule has 0 amide bonds. The molecule has 0 N–H and O–H groups in total. The van der Waals surface area contributed by atoms with E-state index in [1.807, 2.05) is 0 Å². The summed E-state index contributed by atoms with van der Waals surface area (Å²) in [5.74, 6) is 0. The normalized spacial score (nSPS) is 14.6. The highest BCUT2D eigenvalue weighted by Gasteiger charge is 2.77. The van der Waals surface area contributed by atoms with E-state index < -0.39 is 20.5 Å². The van der Waals surface area contributed by atoms with E-state index in [-0.39, 0.29) is 0 Å². The molecule has 0 saturated heterocycles. The van der Waals surface area contributed by atoms with Gasteiger partial charge in [-0.25, -0.2) is 0 Å². The molecule has 0 aliphatic heterocycles. The molecule has 0 aromatic heterocycles. The van der Waals surface area contributed by atoms with Crippen molar-refractivity contribution in [1.29, 1.82) is 0 Å². The van der Waals surface area contributed by atoms with Crippen LogP contribution in [0, 0.1) is 0 Å². The fourth-order valence-corrected chi connectivity index (χ4v) is 2.42. The van der Waals surface area contributed by atoms with Crippen LogP contribution < -0.4 is 0 Å². The van der Waals surface area contributed by atoms with E-state index in [0.29, 0.717) is 21.3 Å². The SMILES string of the molecule is CO[Si](OC)(OC)C(F)(F)C(F)(F)F. The zero-order valence-electron chi connectivity index (χ0n) is 7.61. The van der Waals surface area contributed by atoms with E-state index in [1.54, 1.807) is 0 Å². The standard InChI is InChI=1S/C5H9F5O3Si/c1-11-14(12-2,13-3)5(9,10)4(6,7)8/h1-3H3. The van der Waals surface area contributed by atoms with Gasteiger partial charge < -0.3 is 13.3 Å². The number of hydrogen-bond donors (Lipinski definition) is 0. The summed E-state index contributed by atoms with van der Waals surface area (Å²) in [6, 6.07) is 0. The van der Waals surface area contributed by atoms with Gasteiger partial charge in [0.25, 0.3) is 0 Å². The van der Waals surface area contributed by atoms with Gasteiger partial charge in [0.05, 0.1) is 0 Å². The first kappa shape index (κ1) is 13.7. The van der Waals surface area contributed by atoms with Crippen molar-refractivity contribution in [3.63, 3.8) is 0 Å². The summed E-state index contributed by atoms with van der Waals surface area (Å²) in [5.41, 5.74) is -5.13. The van der Waals surface area contributed by atoms with Gasteiger partial charge in [-0.05, 0) is 0 Å². The largest absolute Gasteiger partial charge is 0.585 e. The van der Waals surface area contributed by atoms with Crippen LogP contribution in [-0.2, 0) is 13.3 Å². The Morgan fingerprint density at radius 1 is 0.786 bits per heavy atom. The Morgan fingerprint density at radius 2 is 1.07 bits per heavy atom. The number of hydrogen-bond acceptors (Lipinski definition) is 3. The lowest BCUT2D eigenvalue weighted by Crippen LogP contribution is -2.65. The van der Waals surface area contributed by atoms with Crippen molar-refractivity contribution in [3.8, 4) is 0 Å². The highest BCUT2D eigenvalue weighted by Crippen LogP contribution is 2.42. The molecule has 0 atom stereocenters. The fraction of sp³-hybridized carbons (Fsp3) is 1.00. The first-order chi connectivity index (χ1) is 6.18. The zero-order chi connectivity index (χ0) is 11.6. The summed E-state index contributed by atoms with van der Waals surface area (Å²) < 4.78 is 73.6. The van der Waals surface area contributed by atoms with Gasteiger partial charge in [-0.2, -0.15) is 22.0 Å². The van der Waals surface area contributed by atoms with Crippen LogP contribution in [0.25, 0.3) is 0 Å². The average Bonchev–Trinajstić information content (AvgIpc) is 2.06. The van der Waals surface area contributed by atoms with E-state index in [1.165, 1.54) is 0 Å². The molecule has 3 nitrogen and oxygen atoms in total. The molecule has 0 bridgehead atoms. The molecule has 0 radical (unpaired) electrons. The third-order valence-electron chi connectivity index (χ3n) is 1.55. The maximum absolute atomic E-state index is 12.8. The summed E-state index contributed by atoms with van der Waals surface area (Å²) in [7, 11) is -3.00. The van der Waals surface area contributed by atoms with E-state index in [9.17, 15) is 22.0 Å². The molecule has 0 heterocycles. The second-order valence-electron chi connectivity index (χ2n) is 2.24. The Morgan fingerprint density at radius 3 is 1.14 bits per heavy atom. The fourth-order valence-electron chi connectivity index (χ4n) is 0.808. The van der Waals surface area contributed by atoms with Gasteiger partial charge in [-0.15, -0.1) is 0 Å². The minimum Gasteiger partial charge on any atom is -0.373 e. The first-order valence-electron chi connectivity index (χ1n) is 3.28. The smallest absolute Gasteiger partial charge is 0.373 e. The van der Waals surface area contributed by atoms with Crippen molar-refractivity contribution in [1.82, 2.24) is 0 Å². The average molecular weight is 240 g/mol. The van der Waals surface area contributed by atoms with Crippen molar-refractivity contribution in [2.45, 2.75) is 11.7 Å². The van der Waals surface area contributed by atoms with Gasteiger partial charge in [0, 0.05) is 21.3 Å². The lowest BCUT2D eigenvalue weighted by atomic mass is 10.7. The second-order valence-corrected chi connectivity index (χ2v) is 5.21. The molecule has 0 fully saturated rings. The molecule has 0 aliphatic carbocycles. The maximum Gasteiger partial charge on any atom is 0.585 e. The molecular formula is C5H9F5O3Si. The minimum atomic E-state index is -5.76. The molecule has 0 aromatic rings. The van der Waals surface area contributed by atoms with E-state index in [2.05, 4.69) is 13.3 Å². The van der Waals surface area contributed by atoms with Gasteiger partial charge in [0.15, 0.2) is 0 Å². The Hall–Kier alpha value is -0.253. The summed E-state index contributed by atoms with van der Waals surface area (Å²) in [6.07, 6.45) is -5.76. The molecule has 14 heavy (non-hydrogen) atoms. The lowest BCUT2D eigenvalue weighted by Gasteiger charge is -2.32. The van der Waals surface area contributed by atoms with Crippen molar-refractivity contribution in [3.05, 3.63) is 0 Å². The second kappa shape index (κ2) is 4.09. The number of alkyl halides is 5. The van der Waals surface area contributed by atoms with Crippen LogP contribution in [0.5, 0.6) is 0 Å². The molecule has 0 rings (SSSR count). The minimum absolute atomic E-state index is 0.679. The van der Waals surface area contributed by atoms with Crippen molar-refractivity contribution < 1.29 is 35.2 Å². The van der Waals surface area contributed by atoms with Gasteiger partial charge in [0.1, 0.15) is 0 Å². The third kappa shape index (κ3) is 1.90. The topological polar surface area (TPSA) is 27.7 Å². The van der Waals surface area contributed by atoms with E-state index >= 15 is 0 Å². The monoisotopic (exact) mass is 240 g/mol. The molecule has 9 heteroatoms. The van der Waals surface area contributed by atoms with Crippen molar-refractivity contribution in [2.75, 3.05) is 21.3 Å². The van der Waals surface area contributed by atoms with Crippen LogP contribution in [0.3, 0.4) is 0 Å². The Labute approximate surface area is 78.1 Å². The van der Waals surface area contributed by atoms with Crippen LogP contribution in [0.15, 0.2) is 0 Å². The summed E-state index contributed by atoms with van der Waals surface area (Å²) in [5, 5.41) is 0. The molecule has 0 aliphatic rings. The van der Waals surface area contributed by atoms with Gasteiger partial charge in [-0.3, -0.25) is 0 Å². The van der Waals surface area contributed by atoms with Crippen LogP contribution in [0.4, 0.5) is 22.0 Å². The highest BCUT2D eigenvalue weighted by molar-refractivity contribution is 6.63. The molecule has 86 valence electrons. The van der Waals surface area contributed by atoms with Crippen LogP contribution in [0.2, 0.25) is 0 Å². The first-order valence-corrected chi connectivity index (χ1v) is 5.01. The summed E-state index contributed by atoms with van der Waals surface area (Å²) in [4.78, 5) is 0. The molecule has 0 saturated carbocycles. The van der Waals surface area contributed by atoms with Crippen LogP contribution in [-0.4, -0.2) is 41.9 Å². The Bertz CT molecular complexity index is 182. The number of rotatable bonds is 4. The Kier molecular flexibility index (Phi) is 4.01. The molecule has 0 unspecified atom stereocenters. The van der Waals surface area contributed by atoms with E-state index in [0.717, 1.165) is 0 Å². The highest BCUT2D eigenvalue weighted by atomic mass is 28.4. The Balaban J connectivity index is 5.19. The number of halogens is 5. The van der Waals surface area contributed by atoms with Crippen LogP contribution in [0.1, 0.15) is 0 Å². The van der Waals surface area contributed by atoms with Crippen LogP contribution >= 0.6 is 0 Å². The van der Waals surface area contributed by atoms with E-state index in [4.69, 9.17) is 0 Å². The van der Waals surface area contributed by atoms with Crippen molar-refractivity contribution >= 4 is 8.80 Å². The van der Waals surface area contributed by atoms with Gasteiger partial charge in [-0.1, -0.05) is 0 Å². The van der Waals surface area contributed by atoms with Gasteiger partial charge >= 0.3 is 20.5 Å². The predicted molar refractivity (Wildman–Crippen MR) is 37.8 cm³/mol. The zero-order valence-corrected chi connectivity index (χ0v) is 8.61. The molecule has 0 spiro atoms. The summed E-state index contributed by atoms with van der Waals surface area (Å²) >= 11 is 0. The van der Waals surface area contributed by atoms with Gasteiger partial charge in [0.2, 0.25) is 0 Å². The lowest BCUT2D eigenvalue weighted by molar-refractivity contribution is -0.267. The summed E-state index contributed by atoms with van der Waals surface area (Å²) in [6.45, 7) is 0. The molecule has 0 aromatic carbocycles.